The average Bonchev–Trinajstić information content (AvgIpc) is 2.72. The van der Waals surface area contributed by atoms with Crippen LogP contribution in [0.1, 0.15) is 11.1 Å². The van der Waals surface area contributed by atoms with Crippen LogP contribution in [0, 0.1) is 23.7 Å². The molecule has 1 aliphatic rings. The number of nitrogens with zero attached hydrogens (tertiary/aromatic N) is 1. The van der Waals surface area contributed by atoms with E-state index in [4.69, 9.17) is 4.74 Å². The predicted molar refractivity (Wildman–Crippen MR) is 102 cm³/mol. The molecule has 5 heteroatoms. The Hall–Kier alpha value is -3.65. The van der Waals surface area contributed by atoms with Crippen molar-refractivity contribution in [3.8, 4) is 11.8 Å². The molecule has 0 aliphatic carbocycles. The molecule has 0 saturated heterocycles. The van der Waals surface area contributed by atoms with Crippen molar-refractivity contribution in [2.45, 2.75) is 0 Å². The summed E-state index contributed by atoms with van der Waals surface area (Å²) in [4.78, 5) is 28.5. The zero-order chi connectivity index (χ0) is 19.2. The van der Waals surface area contributed by atoms with Crippen molar-refractivity contribution in [3.63, 3.8) is 0 Å². The zero-order valence-electron chi connectivity index (χ0n) is 14.6. The van der Waals surface area contributed by atoms with E-state index in [1.165, 1.54) is 13.3 Å². The summed E-state index contributed by atoms with van der Waals surface area (Å²) in [6.07, 6.45) is 1.42. The summed E-state index contributed by atoms with van der Waals surface area (Å²) in [7, 11) is 1.26. The lowest BCUT2D eigenvalue weighted by Gasteiger charge is -2.24. The summed E-state index contributed by atoms with van der Waals surface area (Å²) in [6, 6.07) is 18.2. The largest absolute Gasteiger partial charge is 0.478 e. The summed E-state index contributed by atoms with van der Waals surface area (Å²) in [6.45, 7) is 0. The molecule has 0 fully saturated rings. The van der Waals surface area contributed by atoms with Gasteiger partial charge in [0.2, 0.25) is 0 Å². The number of carboxylic acids is 1. The van der Waals surface area contributed by atoms with Crippen LogP contribution >= 0.6 is 0 Å². The van der Waals surface area contributed by atoms with Gasteiger partial charge in [0.15, 0.2) is 0 Å². The molecule has 0 amide bonds. The molecular weight excluding hydrogens is 342 g/mol. The Bertz CT molecular complexity index is 966. The van der Waals surface area contributed by atoms with Gasteiger partial charge in [-0.05, 0) is 12.1 Å². The molecule has 1 N–H and O–H groups in total. The molecule has 0 saturated carbocycles. The number of aliphatic imine (C=N–C) groups is 1. The highest BCUT2D eigenvalue weighted by Crippen LogP contribution is 2.33. The third-order valence-corrected chi connectivity index (χ3v) is 4.19. The van der Waals surface area contributed by atoms with Crippen LogP contribution in [0.3, 0.4) is 0 Å². The van der Waals surface area contributed by atoms with Crippen LogP contribution in [0.25, 0.3) is 5.70 Å². The topological polar surface area (TPSA) is 76.0 Å². The monoisotopic (exact) mass is 359 g/mol. The fraction of sp³-hybridized carbons (Fsp3) is 0.136. The molecule has 0 aromatic heterocycles. The quantitative estimate of drug-likeness (QED) is 0.675. The van der Waals surface area contributed by atoms with Crippen molar-refractivity contribution < 1.29 is 19.4 Å². The third-order valence-electron chi connectivity index (χ3n) is 4.19. The first-order valence-electron chi connectivity index (χ1n) is 8.33. The van der Waals surface area contributed by atoms with Gasteiger partial charge in [0.05, 0.1) is 24.3 Å². The molecule has 3 rings (SSSR count). The van der Waals surface area contributed by atoms with Crippen molar-refractivity contribution in [2.75, 3.05) is 7.11 Å². The van der Waals surface area contributed by atoms with Gasteiger partial charge in [0.1, 0.15) is 5.92 Å². The van der Waals surface area contributed by atoms with Gasteiger partial charge in [-0.1, -0.05) is 60.4 Å². The number of aliphatic carboxylic acids is 1. The second kappa shape index (κ2) is 8.15. The van der Waals surface area contributed by atoms with E-state index in [2.05, 4.69) is 16.8 Å². The summed E-state index contributed by atoms with van der Waals surface area (Å²) < 4.78 is 4.83. The molecule has 27 heavy (non-hydrogen) atoms. The predicted octanol–water partition coefficient (Wildman–Crippen LogP) is 3.02. The van der Waals surface area contributed by atoms with Crippen LogP contribution in [-0.4, -0.2) is 30.4 Å². The Morgan fingerprint density at radius 2 is 1.67 bits per heavy atom. The van der Waals surface area contributed by atoms with Crippen molar-refractivity contribution in [2.24, 2.45) is 16.8 Å². The number of methoxy groups -OCH3 is 1. The van der Waals surface area contributed by atoms with E-state index < -0.39 is 23.8 Å². The molecule has 134 valence electrons. The maximum absolute atomic E-state index is 12.2. The molecule has 2 atom stereocenters. The van der Waals surface area contributed by atoms with E-state index in [9.17, 15) is 14.7 Å². The van der Waals surface area contributed by atoms with Crippen LogP contribution in [0.5, 0.6) is 0 Å². The minimum Gasteiger partial charge on any atom is -0.478 e. The Morgan fingerprint density at radius 1 is 1.04 bits per heavy atom. The first kappa shape index (κ1) is 18.2. The summed E-state index contributed by atoms with van der Waals surface area (Å²) >= 11 is 0. The summed E-state index contributed by atoms with van der Waals surface area (Å²) in [5.41, 5.74) is 1.67. The highest BCUT2D eigenvalue weighted by molar-refractivity contribution is 6.05. The third kappa shape index (κ3) is 3.96. The van der Waals surface area contributed by atoms with E-state index >= 15 is 0 Å². The average molecular weight is 359 g/mol. The minimum atomic E-state index is -1.16. The van der Waals surface area contributed by atoms with Gasteiger partial charge in [-0.3, -0.25) is 9.79 Å². The molecule has 0 radical (unpaired) electrons. The van der Waals surface area contributed by atoms with E-state index in [0.717, 1.165) is 5.56 Å². The number of hydrogen-bond acceptors (Lipinski definition) is 4. The molecule has 2 unspecified atom stereocenters. The molecule has 1 aliphatic heterocycles. The SMILES string of the molecule is COC(=O)C1C=NC(c2ccccc2)=C(C(=O)O)C1C#Cc1ccccc1. The zero-order valence-corrected chi connectivity index (χ0v) is 14.6. The fourth-order valence-electron chi connectivity index (χ4n) is 2.88. The fourth-order valence-corrected chi connectivity index (χ4v) is 2.88. The maximum Gasteiger partial charge on any atom is 0.335 e. The van der Waals surface area contributed by atoms with Crippen LogP contribution in [-0.2, 0) is 14.3 Å². The van der Waals surface area contributed by atoms with Crippen LogP contribution in [0.4, 0.5) is 0 Å². The highest BCUT2D eigenvalue weighted by Gasteiger charge is 2.37. The van der Waals surface area contributed by atoms with Crippen molar-refractivity contribution in [3.05, 3.63) is 77.4 Å². The first-order chi connectivity index (χ1) is 13.1. The molecule has 2 aromatic carbocycles. The lowest BCUT2D eigenvalue weighted by Crippen LogP contribution is -2.32. The lowest BCUT2D eigenvalue weighted by atomic mass is 9.82. The van der Waals surface area contributed by atoms with Crippen LogP contribution in [0.15, 0.2) is 71.2 Å². The van der Waals surface area contributed by atoms with Crippen molar-refractivity contribution in [1.29, 1.82) is 0 Å². The Labute approximate surface area is 157 Å². The Balaban J connectivity index is 2.14. The number of benzene rings is 2. The van der Waals surface area contributed by atoms with Gasteiger partial charge >= 0.3 is 11.9 Å². The Kier molecular flexibility index (Phi) is 5.48. The van der Waals surface area contributed by atoms with Crippen molar-refractivity contribution >= 4 is 23.9 Å². The summed E-state index contributed by atoms with van der Waals surface area (Å²) in [5, 5.41) is 9.86. The molecule has 1 heterocycles. The number of carbonyl (C=O) groups excluding carboxylic acids is 1. The second-order valence-corrected chi connectivity index (χ2v) is 5.87. The number of carboxylic acid groups (broad SMARTS) is 1. The number of carbonyl (C=O) groups is 2. The van der Waals surface area contributed by atoms with E-state index in [1.54, 1.807) is 24.3 Å². The minimum absolute atomic E-state index is 0.0115. The second-order valence-electron chi connectivity index (χ2n) is 5.87. The Morgan fingerprint density at radius 3 is 2.26 bits per heavy atom. The smallest absolute Gasteiger partial charge is 0.335 e. The number of esters is 1. The van der Waals surface area contributed by atoms with Crippen LogP contribution in [0.2, 0.25) is 0 Å². The molecule has 0 spiro atoms. The molecule has 2 aromatic rings. The highest BCUT2D eigenvalue weighted by atomic mass is 16.5. The molecule has 5 nitrogen and oxygen atoms in total. The van der Waals surface area contributed by atoms with Gasteiger partial charge in [-0.25, -0.2) is 4.79 Å². The summed E-state index contributed by atoms with van der Waals surface area (Å²) in [5.74, 6) is 2.43. The normalized spacial score (nSPS) is 18.4. The van der Waals surface area contributed by atoms with Gasteiger partial charge < -0.3 is 9.84 Å². The standard InChI is InChI=1S/C22H17NO4/c1-27-22(26)18-14-23-20(16-10-6-3-7-11-16)19(21(24)25)17(18)13-12-15-8-4-2-5-9-15/h2-11,14,17-18H,1H3,(H,24,25). The van der Waals surface area contributed by atoms with E-state index in [0.29, 0.717) is 11.3 Å². The van der Waals surface area contributed by atoms with Crippen LogP contribution < -0.4 is 0 Å². The molecular formula is C22H17NO4. The van der Waals surface area contributed by atoms with Gasteiger partial charge in [0.25, 0.3) is 0 Å². The van der Waals surface area contributed by atoms with Gasteiger partial charge in [-0.15, -0.1) is 0 Å². The van der Waals surface area contributed by atoms with E-state index in [-0.39, 0.29) is 5.57 Å². The van der Waals surface area contributed by atoms with Crippen molar-refractivity contribution in [1.82, 2.24) is 0 Å². The van der Waals surface area contributed by atoms with E-state index in [1.807, 2.05) is 36.4 Å². The van der Waals surface area contributed by atoms with Gasteiger partial charge in [0, 0.05) is 17.3 Å². The maximum atomic E-state index is 12.2. The van der Waals surface area contributed by atoms with Gasteiger partial charge in [-0.2, -0.15) is 0 Å². The lowest BCUT2D eigenvalue weighted by molar-refractivity contribution is -0.143. The number of ether oxygens (including phenoxy) is 1. The first-order valence-corrected chi connectivity index (χ1v) is 8.33. The molecule has 0 bridgehead atoms. The number of rotatable bonds is 3. The number of hydrogen-bond donors (Lipinski definition) is 1.